The lowest BCUT2D eigenvalue weighted by molar-refractivity contribution is 0.104. The predicted molar refractivity (Wildman–Crippen MR) is 68.4 cm³/mol. The Balaban J connectivity index is 2.43. The highest BCUT2D eigenvalue weighted by atomic mass is 79.9. The van der Waals surface area contributed by atoms with E-state index < -0.39 is 0 Å². The average Bonchev–Trinajstić information content (AvgIpc) is 2.82. The first-order chi connectivity index (χ1) is 7.72. The largest absolute Gasteiger partial charge is 0.497 e. The zero-order valence-corrected chi connectivity index (χ0v) is 11.0. The molecule has 0 saturated heterocycles. The number of hydrogen-bond donors (Lipinski definition) is 0. The third-order valence-electron chi connectivity index (χ3n) is 2.16. The standard InChI is InChI=1S/C12H9BrO2S/c1-15-8-4-5-10(13)9(7-8)12(14)11-3-2-6-16-11/h2-7H,1H3. The van der Waals surface area contributed by atoms with Crippen molar-refractivity contribution in [3.8, 4) is 5.75 Å². The molecule has 1 heterocycles. The smallest absolute Gasteiger partial charge is 0.204 e. The number of carbonyl (C=O) groups is 1. The summed E-state index contributed by atoms with van der Waals surface area (Å²) in [6.07, 6.45) is 0. The number of hydrogen-bond acceptors (Lipinski definition) is 3. The molecule has 0 N–H and O–H groups in total. The molecule has 0 unspecified atom stereocenters. The van der Waals surface area contributed by atoms with Gasteiger partial charge in [0.1, 0.15) is 5.75 Å². The molecule has 4 heteroatoms. The van der Waals surface area contributed by atoms with E-state index in [1.54, 1.807) is 13.2 Å². The molecule has 2 rings (SSSR count). The van der Waals surface area contributed by atoms with Gasteiger partial charge in [0.25, 0.3) is 0 Å². The SMILES string of the molecule is COc1ccc(Br)c(C(=O)c2cccs2)c1. The maximum absolute atomic E-state index is 12.1. The summed E-state index contributed by atoms with van der Waals surface area (Å²) in [5.74, 6) is 0.698. The second kappa shape index (κ2) is 4.80. The highest BCUT2D eigenvalue weighted by molar-refractivity contribution is 9.10. The topological polar surface area (TPSA) is 26.3 Å². The molecular formula is C12H9BrO2S. The van der Waals surface area contributed by atoms with Crippen LogP contribution in [-0.2, 0) is 0 Å². The van der Waals surface area contributed by atoms with Gasteiger partial charge in [0, 0.05) is 10.0 Å². The minimum Gasteiger partial charge on any atom is -0.497 e. The van der Waals surface area contributed by atoms with E-state index in [0.717, 1.165) is 9.35 Å². The summed E-state index contributed by atoms with van der Waals surface area (Å²) < 4.78 is 5.89. The summed E-state index contributed by atoms with van der Waals surface area (Å²) in [6.45, 7) is 0. The summed E-state index contributed by atoms with van der Waals surface area (Å²) in [4.78, 5) is 12.9. The van der Waals surface area contributed by atoms with Crippen LogP contribution in [0, 0.1) is 0 Å². The van der Waals surface area contributed by atoms with Crippen molar-refractivity contribution in [1.29, 1.82) is 0 Å². The van der Waals surface area contributed by atoms with Crippen LogP contribution in [0.4, 0.5) is 0 Å². The molecule has 0 spiro atoms. The van der Waals surface area contributed by atoms with E-state index >= 15 is 0 Å². The van der Waals surface area contributed by atoms with Gasteiger partial charge in [-0.25, -0.2) is 0 Å². The average molecular weight is 297 g/mol. The highest BCUT2D eigenvalue weighted by Crippen LogP contribution is 2.26. The normalized spacial score (nSPS) is 10.1. The first-order valence-corrected chi connectivity index (χ1v) is 6.31. The zero-order chi connectivity index (χ0) is 11.5. The number of ketones is 1. The number of halogens is 1. The van der Waals surface area contributed by atoms with Gasteiger partial charge >= 0.3 is 0 Å². The van der Waals surface area contributed by atoms with Crippen LogP contribution in [-0.4, -0.2) is 12.9 Å². The van der Waals surface area contributed by atoms with Crippen molar-refractivity contribution >= 4 is 33.0 Å². The number of methoxy groups -OCH3 is 1. The first kappa shape index (κ1) is 11.4. The summed E-state index contributed by atoms with van der Waals surface area (Å²) in [5, 5.41) is 1.89. The molecule has 0 fully saturated rings. The Bertz CT molecular complexity index is 506. The molecule has 0 aliphatic carbocycles. The Labute approximate surface area is 106 Å². The number of ether oxygens (including phenoxy) is 1. The summed E-state index contributed by atoms with van der Waals surface area (Å²) in [7, 11) is 1.59. The minimum absolute atomic E-state index is 0.0146. The third-order valence-corrected chi connectivity index (χ3v) is 3.72. The van der Waals surface area contributed by atoms with E-state index in [1.165, 1.54) is 11.3 Å². The quantitative estimate of drug-likeness (QED) is 0.807. The molecule has 1 aromatic carbocycles. The molecule has 2 aromatic rings. The van der Waals surface area contributed by atoms with Crippen LogP contribution in [0.1, 0.15) is 15.2 Å². The Kier molecular flexibility index (Phi) is 3.41. The maximum Gasteiger partial charge on any atom is 0.204 e. The third kappa shape index (κ3) is 2.18. The van der Waals surface area contributed by atoms with Gasteiger partial charge in [-0.15, -0.1) is 11.3 Å². The van der Waals surface area contributed by atoms with Crippen LogP contribution in [0.25, 0.3) is 0 Å². The van der Waals surface area contributed by atoms with Crippen molar-refractivity contribution in [3.63, 3.8) is 0 Å². The van der Waals surface area contributed by atoms with E-state index in [2.05, 4.69) is 15.9 Å². The van der Waals surface area contributed by atoms with Gasteiger partial charge in [-0.2, -0.15) is 0 Å². The molecule has 0 amide bonds. The van der Waals surface area contributed by atoms with Crippen molar-refractivity contribution < 1.29 is 9.53 Å². The van der Waals surface area contributed by atoms with Gasteiger partial charge in [0.2, 0.25) is 5.78 Å². The molecule has 0 bridgehead atoms. The number of benzene rings is 1. The van der Waals surface area contributed by atoms with Crippen LogP contribution in [0.5, 0.6) is 5.75 Å². The van der Waals surface area contributed by atoms with Crippen molar-refractivity contribution in [3.05, 3.63) is 50.6 Å². The first-order valence-electron chi connectivity index (χ1n) is 4.64. The Morgan fingerprint density at radius 2 is 2.19 bits per heavy atom. The van der Waals surface area contributed by atoms with Crippen LogP contribution >= 0.6 is 27.3 Å². The summed E-state index contributed by atoms with van der Waals surface area (Å²) in [5.41, 5.74) is 0.627. The number of rotatable bonds is 3. The van der Waals surface area contributed by atoms with E-state index in [1.807, 2.05) is 29.6 Å². The van der Waals surface area contributed by atoms with E-state index in [-0.39, 0.29) is 5.78 Å². The molecule has 0 atom stereocenters. The van der Waals surface area contributed by atoms with Gasteiger partial charge in [-0.05, 0) is 29.6 Å². The van der Waals surface area contributed by atoms with Crippen molar-refractivity contribution in [2.45, 2.75) is 0 Å². The molecule has 0 aliphatic heterocycles. The van der Waals surface area contributed by atoms with Crippen LogP contribution in [0.3, 0.4) is 0 Å². The van der Waals surface area contributed by atoms with Crippen LogP contribution in [0.2, 0.25) is 0 Å². The molecule has 82 valence electrons. The van der Waals surface area contributed by atoms with E-state index in [0.29, 0.717) is 11.3 Å². The molecule has 0 aliphatic rings. The predicted octanol–water partition coefficient (Wildman–Crippen LogP) is 3.75. The minimum atomic E-state index is 0.0146. The zero-order valence-electron chi connectivity index (χ0n) is 8.57. The van der Waals surface area contributed by atoms with Gasteiger partial charge in [0.15, 0.2) is 0 Å². The highest BCUT2D eigenvalue weighted by Gasteiger charge is 2.14. The molecular weight excluding hydrogens is 288 g/mol. The molecule has 2 nitrogen and oxygen atoms in total. The lowest BCUT2D eigenvalue weighted by Crippen LogP contribution is -2.00. The Morgan fingerprint density at radius 3 is 2.81 bits per heavy atom. The molecule has 16 heavy (non-hydrogen) atoms. The fraction of sp³-hybridized carbons (Fsp3) is 0.0833. The molecule has 1 aromatic heterocycles. The fourth-order valence-corrected chi connectivity index (χ4v) is 2.45. The lowest BCUT2D eigenvalue weighted by Gasteiger charge is -2.05. The van der Waals surface area contributed by atoms with E-state index in [4.69, 9.17) is 4.74 Å². The second-order valence-electron chi connectivity index (χ2n) is 3.15. The van der Waals surface area contributed by atoms with Gasteiger partial charge in [-0.3, -0.25) is 4.79 Å². The summed E-state index contributed by atoms with van der Waals surface area (Å²) >= 11 is 4.81. The molecule has 0 saturated carbocycles. The van der Waals surface area contributed by atoms with Gasteiger partial charge in [-0.1, -0.05) is 22.0 Å². The Morgan fingerprint density at radius 1 is 1.38 bits per heavy atom. The molecule has 0 radical (unpaired) electrons. The van der Waals surface area contributed by atoms with E-state index in [9.17, 15) is 4.79 Å². The number of thiophene rings is 1. The number of carbonyl (C=O) groups excluding carboxylic acids is 1. The monoisotopic (exact) mass is 296 g/mol. The van der Waals surface area contributed by atoms with Gasteiger partial charge in [0.05, 0.1) is 12.0 Å². The van der Waals surface area contributed by atoms with Crippen LogP contribution in [0.15, 0.2) is 40.2 Å². The van der Waals surface area contributed by atoms with Crippen molar-refractivity contribution in [1.82, 2.24) is 0 Å². The Hall–Kier alpha value is -1.13. The lowest BCUT2D eigenvalue weighted by atomic mass is 10.1. The van der Waals surface area contributed by atoms with Crippen LogP contribution < -0.4 is 4.74 Å². The fourth-order valence-electron chi connectivity index (χ4n) is 1.35. The summed E-state index contributed by atoms with van der Waals surface area (Å²) in [6, 6.07) is 9.06. The van der Waals surface area contributed by atoms with Crippen molar-refractivity contribution in [2.24, 2.45) is 0 Å². The second-order valence-corrected chi connectivity index (χ2v) is 4.95. The van der Waals surface area contributed by atoms with Gasteiger partial charge < -0.3 is 4.74 Å². The maximum atomic E-state index is 12.1. The van der Waals surface area contributed by atoms with Crippen molar-refractivity contribution in [2.75, 3.05) is 7.11 Å².